The van der Waals surface area contributed by atoms with Crippen LogP contribution in [0.3, 0.4) is 0 Å². The van der Waals surface area contributed by atoms with Crippen LogP contribution in [0.5, 0.6) is 0 Å². The van der Waals surface area contributed by atoms with Gasteiger partial charge < -0.3 is 4.74 Å². The Morgan fingerprint density at radius 3 is 3.11 bits per heavy atom. The molecule has 0 radical (unpaired) electrons. The number of nitrogens with zero attached hydrogens (tertiary/aromatic N) is 3. The second-order valence-corrected chi connectivity index (χ2v) is 6.84. The van der Waals surface area contributed by atoms with Crippen molar-refractivity contribution >= 4 is 21.6 Å². The van der Waals surface area contributed by atoms with Crippen LogP contribution in [0, 0.1) is 0 Å². The second-order valence-electron chi connectivity index (χ2n) is 4.53. The number of ether oxygens (including phenoxy) is 1. The van der Waals surface area contributed by atoms with E-state index in [2.05, 4.69) is 5.10 Å². The molecule has 108 valence electrons. The normalized spacial score (nSPS) is 22.3. The predicted octanol–water partition coefficient (Wildman–Crippen LogP) is 0.921. The summed E-state index contributed by atoms with van der Waals surface area (Å²) in [4.78, 5) is 0.215. The van der Waals surface area contributed by atoms with Gasteiger partial charge in [0.25, 0.3) is 0 Å². The smallest absolute Gasteiger partial charge is 0.246 e. The maximum absolute atomic E-state index is 12.5. The first-order chi connectivity index (χ1) is 9.04. The topological polar surface area (TPSA) is 64.4 Å². The SMILES string of the molecule is CC1CN(S(=O)(=O)c2cnn(CCCl)c2)CCCO1. The molecular formula is C11H18ClN3O3S. The van der Waals surface area contributed by atoms with Crippen molar-refractivity contribution < 1.29 is 13.2 Å². The largest absolute Gasteiger partial charge is 0.377 e. The number of hydrogen-bond acceptors (Lipinski definition) is 4. The Morgan fingerprint density at radius 2 is 2.37 bits per heavy atom. The van der Waals surface area contributed by atoms with Gasteiger partial charge in [0, 0.05) is 31.8 Å². The van der Waals surface area contributed by atoms with Crippen molar-refractivity contribution in [2.24, 2.45) is 0 Å². The van der Waals surface area contributed by atoms with E-state index in [1.165, 1.54) is 21.4 Å². The van der Waals surface area contributed by atoms with Crippen molar-refractivity contribution in [1.82, 2.24) is 14.1 Å². The Balaban J connectivity index is 2.19. The van der Waals surface area contributed by atoms with Gasteiger partial charge in [0.2, 0.25) is 10.0 Å². The summed E-state index contributed by atoms with van der Waals surface area (Å²) in [5, 5.41) is 4.00. The first-order valence-corrected chi connectivity index (χ1v) is 8.21. The third-order valence-electron chi connectivity index (χ3n) is 2.98. The van der Waals surface area contributed by atoms with Crippen molar-refractivity contribution in [1.29, 1.82) is 0 Å². The van der Waals surface area contributed by atoms with Gasteiger partial charge in [0.1, 0.15) is 4.90 Å². The molecule has 2 heterocycles. The lowest BCUT2D eigenvalue weighted by Gasteiger charge is -2.20. The summed E-state index contributed by atoms with van der Waals surface area (Å²) >= 11 is 5.61. The number of aryl methyl sites for hydroxylation is 1. The first-order valence-electron chi connectivity index (χ1n) is 6.24. The minimum atomic E-state index is -3.49. The van der Waals surface area contributed by atoms with Crippen molar-refractivity contribution in [3.63, 3.8) is 0 Å². The summed E-state index contributed by atoms with van der Waals surface area (Å²) in [6.45, 7) is 3.83. The molecule has 1 saturated heterocycles. The van der Waals surface area contributed by atoms with Gasteiger partial charge in [0.15, 0.2) is 0 Å². The van der Waals surface area contributed by atoms with Crippen LogP contribution >= 0.6 is 11.6 Å². The van der Waals surface area contributed by atoms with E-state index in [9.17, 15) is 8.42 Å². The molecule has 0 spiro atoms. The predicted molar refractivity (Wildman–Crippen MR) is 71.7 cm³/mol. The van der Waals surface area contributed by atoms with Gasteiger partial charge in [-0.3, -0.25) is 4.68 Å². The monoisotopic (exact) mass is 307 g/mol. The summed E-state index contributed by atoms with van der Waals surface area (Å²) in [5.74, 6) is 0.399. The zero-order valence-corrected chi connectivity index (χ0v) is 12.4. The molecule has 8 heteroatoms. The van der Waals surface area contributed by atoms with Crippen LogP contribution in [0.25, 0.3) is 0 Å². The van der Waals surface area contributed by atoms with Crippen LogP contribution in [0.1, 0.15) is 13.3 Å². The molecule has 0 bridgehead atoms. The Morgan fingerprint density at radius 1 is 1.58 bits per heavy atom. The Bertz CT molecular complexity index is 517. The summed E-state index contributed by atoms with van der Waals surface area (Å²) in [5.41, 5.74) is 0. The highest BCUT2D eigenvalue weighted by molar-refractivity contribution is 7.89. The first kappa shape index (κ1) is 14.8. The van der Waals surface area contributed by atoms with E-state index in [-0.39, 0.29) is 11.0 Å². The highest BCUT2D eigenvalue weighted by atomic mass is 35.5. The molecule has 1 aromatic heterocycles. The Hall–Kier alpha value is -0.630. The molecule has 1 aliphatic rings. The van der Waals surface area contributed by atoms with Crippen molar-refractivity contribution in [2.45, 2.75) is 30.9 Å². The molecule has 1 unspecified atom stereocenters. The van der Waals surface area contributed by atoms with Crippen LogP contribution in [0.4, 0.5) is 0 Å². The molecule has 1 fully saturated rings. The van der Waals surface area contributed by atoms with E-state index >= 15 is 0 Å². The zero-order valence-electron chi connectivity index (χ0n) is 10.8. The minimum Gasteiger partial charge on any atom is -0.377 e. The molecule has 1 aromatic rings. The average molecular weight is 308 g/mol. The summed E-state index contributed by atoms with van der Waals surface area (Å²) < 4.78 is 33.4. The lowest BCUT2D eigenvalue weighted by molar-refractivity contribution is 0.0752. The fourth-order valence-corrected chi connectivity index (χ4v) is 3.69. The van der Waals surface area contributed by atoms with Crippen molar-refractivity contribution in [3.05, 3.63) is 12.4 Å². The summed E-state index contributed by atoms with van der Waals surface area (Å²) in [6.07, 6.45) is 3.52. The Labute approximate surface area is 118 Å². The van der Waals surface area contributed by atoms with Crippen molar-refractivity contribution in [2.75, 3.05) is 25.6 Å². The number of alkyl halides is 1. The zero-order chi connectivity index (χ0) is 13.9. The maximum atomic E-state index is 12.5. The number of hydrogen-bond donors (Lipinski definition) is 0. The minimum absolute atomic E-state index is 0.0878. The van der Waals surface area contributed by atoms with E-state index in [1.54, 1.807) is 0 Å². The molecule has 2 rings (SSSR count). The molecule has 0 saturated carbocycles. The highest BCUT2D eigenvalue weighted by Gasteiger charge is 2.28. The fourth-order valence-electron chi connectivity index (χ4n) is 2.01. The average Bonchev–Trinajstić information content (AvgIpc) is 2.72. The quantitative estimate of drug-likeness (QED) is 0.776. The lowest BCUT2D eigenvalue weighted by atomic mass is 10.4. The number of halogens is 1. The van der Waals surface area contributed by atoms with E-state index < -0.39 is 10.0 Å². The van der Waals surface area contributed by atoms with Crippen molar-refractivity contribution in [3.8, 4) is 0 Å². The van der Waals surface area contributed by atoms with E-state index in [4.69, 9.17) is 16.3 Å². The molecule has 0 aromatic carbocycles. The number of rotatable bonds is 4. The van der Waals surface area contributed by atoms with E-state index in [0.29, 0.717) is 38.5 Å². The van der Waals surface area contributed by atoms with E-state index in [0.717, 1.165) is 0 Å². The number of aromatic nitrogens is 2. The highest BCUT2D eigenvalue weighted by Crippen LogP contribution is 2.18. The lowest BCUT2D eigenvalue weighted by Crippen LogP contribution is -2.35. The third kappa shape index (κ3) is 3.47. The summed E-state index contributed by atoms with van der Waals surface area (Å²) in [6, 6.07) is 0. The Kier molecular flexibility index (Phi) is 4.83. The van der Waals surface area contributed by atoms with E-state index in [1.807, 2.05) is 6.92 Å². The molecule has 1 atom stereocenters. The van der Waals surface area contributed by atoms with Crippen LogP contribution in [-0.2, 0) is 21.3 Å². The standard InChI is InChI=1S/C11H18ClN3O3S/c1-10-8-15(4-2-6-18-10)19(16,17)11-7-13-14(9-11)5-3-12/h7,9-10H,2-6,8H2,1H3. The van der Waals surface area contributed by atoms with Crippen LogP contribution in [-0.4, -0.2) is 54.2 Å². The molecule has 6 nitrogen and oxygen atoms in total. The van der Waals surface area contributed by atoms with Crippen LogP contribution in [0.2, 0.25) is 0 Å². The second kappa shape index (κ2) is 6.21. The van der Waals surface area contributed by atoms with Crippen LogP contribution < -0.4 is 0 Å². The van der Waals surface area contributed by atoms with Gasteiger partial charge >= 0.3 is 0 Å². The molecule has 19 heavy (non-hydrogen) atoms. The number of sulfonamides is 1. The molecular weight excluding hydrogens is 290 g/mol. The van der Waals surface area contributed by atoms with Gasteiger partial charge in [-0.15, -0.1) is 11.6 Å². The third-order valence-corrected chi connectivity index (χ3v) is 4.96. The van der Waals surface area contributed by atoms with Gasteiger partial charge in [-0.1, -0.05) is 0 Å². The maximum Gasteiger partial charge on any atom is 0.246 e. The van der Waals surface area contributed by atoms with Gasteiger partial charge in [-0.2, -0.15) is 9.40 Å². The van der Waals surface area contributed by atoms with Gasteiger partial charge in [-0.25, -0.2) is 8.42 Å². The molecule has 1 aliphatic heterocycles. The molecule has 0 aliphatic carbocycles. The summed E-state index contributed by atoms with van der Waals surface area (Å²) in [7, 11) is -3.49. The van der Waals surface area contributed by atoms with Gasteiger partial charge in [0.05, 0.1) is 18.8 Å². The molecule has 0 N–H and O–H groups in total. The fraction of sp³-hybridized carbons (Fsp3) is 0.727. The van der Waals surface area contributed by atoms with Gasteiger partial charge in [-0.05, 0) is 13.3 Å². The molecule has 0 amide bonds. The van der Waals surface area contributed by atoms with Crippen LogP contribution in [0.15, 0.2) is 17.3 Å².